The summed E-state index contributed by atoms with van der Waals surface area (Å²) in [4.78, 5) is 0. The number of hydrazone groups is 1. The average Bonchev–Trinajstić information content (AvgIpc) is 2.58. The Morgan fingerprint density at radius 1 is 1.12 bits per heavy atom. The zero-order valence-corrected chi connectivity index (χ0v) is 13.8. The quantitative estimate of drug-likeness (QED) is 0.474. The number of thiocarbonyl (C=S) groups is 1. The maximum absolute atomic E-state index is 12.4. The van der Waals surface area contributed by atoms with Crippen LogP contribution in [0.5, 0.6) is 5.75 Å². The molecule has 0 aromatic heterocycles. The van der Waals surface area contributed by atoms with Crippen LogP contribution in [0.3, 0.4) is 0 Å². The summed E-state index contributed by atoms with van der Waals surface area (Å²) in [5.74, 6) is 0.0683. The largest absolute Gasteiger partial charge is 0.434 e. The fraction of sp³-hybridized carbons (Fsp3) is 0.176. The fourth-order valence-electron chi connectivity index (χ4n) is 1.98. The smallest absolute Gasteiger partial charge is 0.387 e. The number of halogens is 2. The van der Waals surface area contributed by atoms with Crippen molar-refractivity contribution in [2.75, 3.05) is 0 Å². The molecule has 2 N–H and O–H groups in total. The van der Waals surface area contributed by atoms with Crippen molar-refractivity contribution < 1.29 is 13.5 Å². The predicted molar refractivity (Wildman–Crippen MR) is 94.3 cm³/mol. The highest BCUT2D eigenvalue weighted by atomic mass is 32.1. The van der Waals surface area contributed by atoms with E-state index in [0.717, 1.165) is 5.56 Å². The summed E-state index contributed by atoms with van der Waals surface area (Å²) in [5, 5.41) is 7.47. The van der Waals surface area contributed by atoms with Gasteiger partial charge in [0.1, 0.15) is 5.75 Å². The number of hydrogen-bond donors (Lipinski definition) is 2. The predicted octanol–water partition coefficient (Wildman–Crippen LogP) is 3.68. The molecular weight excluding hydrogens is 332 g/mol. The molecular formula is C17H17F2N3OS. The van der Waals surface area contributed by atoms with Crippen LogP contribution in [-0.4, -0.2) is 17.4 Å². The minimum Gasteiger partial charge on any atom is -0.434 e. The van der Waals surface area contributed by atoms with Crippen LogP contribution in [0.4, 0.5) is 8.78 Å². The highest BCUT2D eigenvalue weighted by Crippen LogP contribution is 2.20. The van der Waals surface area contributed by atoms with Gasteiger partial charge in [-0.2, -0.15) is 13.9 Å². The molecule has 4 nitrogen and oxygen atoms in total. The Labute approximate surface area is 144 Å². The maximum Gasteiger partial charge on any atom is 0.387 e. The number of hydrogen-bond acceptors (Lipinski definition) is 3. The normalized spacial score (nSPS) is 11.2. The summed E-state index contributed by atoms with van der Waals surface area (Å²) in [7, 11) is 0. The lowest BCUT2D eigenvalue weighted by atomic mass is 10.1. The van der Waals surface area contributed by atoms with Crippen LogP contribution < -0.4 is 15.5 Å². The van der Waals surface area contributed by atoms with Crippen molar-refractivity contribution in [1.29, 1.82) is 0 Å². The monoisotopic (exact) mass is 349 g/mol. The number of ether oxygens (including phenoxy) is 1. The van der Waals surface area contributed by atoms with Crippen molar-refractivity contribution in [1.82, 2.24) is 10.7 Å². The summed E-state index contributed by atoms with van der Waals surface area (Å²) in [6.45, 7) is -0.646. The molecule has 0 unspecified atom stereocenters. The van der Waals surface area contributed by atoms with Crippen LogP contribution in [0.15, 0.2) is 59.7 Å². The van der Waals surface area contributed by atoms with E-state index in [-0.39, 0.29) is 5.75 Å². The van der Waals surface area contributed by atoms with E-state index in [9.17, 15) is 8.78 Å². The molecule has 0 saturated carbocycles. The first kappa shape index (κ1) is 17.8. The van der Waals surface area contributed by atoms with Gasteiger partial charge in [0.25, 0.3) is 0 Å². The molecule has 24 heavy (non-hydrogen) atoms. The first-order valence-electron chi connectivity index (χ1n) is 7.22. The van der Waals surface area contributed by atoms with Crippen molar-refractivity contribution in [3.8, 4) is 5.75 Å². The summed E-state index contributed by atoms with van der Waals surface area (Å²) in [5.41, 5.74) is 4.73. The zero-order valence-electron chi connectivity index (χ0n) is 13.0. The Bertz CT molecular complexity index is 708. The molecule has 126 valence electrons. The van der Waals surface area contributed by atoms with E-state index in [1.54, 1.807) is 25.1 Å². The van der Waals surface area contributed by atoms with Gasteiger partial charge in [0.2, 0.25) is 0 Å². The van der Waals surface area contributed by atoms with E-state index >= 15 is 0 Å². The van der Waals surface area contributed by atoms with E-state index in [4.69, 9.17) is 12.2 Å². The zero-order chi connectivity index (χ0) is 17.4. The molecule has 0 aliphatic heterocycles. The Hall–Kier alpha value is -2.54. The van der Waals surface area contributed by atoms with Crippen LogP contribution in [0.1, 0.15) is 18.1 Å². The summed E-state index contributed by atoms with van der Waals surface area (Å²) in [6.07, 6.45) is 0. The highest BCUT2D eigenvalue weighted by molar-refractivity contribution is 7.80. The molecule has 0 spiro atoms. The van der Waals surface area contributed by atoms with Gasteiger partial charge in [-0.25, -0.2) is 0 Å². The number of rotatable bonds is 6. The average molecular weight is 349 g/mol. The number of nitrogens with one attached hydrogen (secondary N) is 2. The van der Waals surface area contributed by atoms with Crippen LogP contribution in [0.25, 0.3) is 0 Å². The van der Waals surface area contributed by atoms with Gasteiger partial charge >= 0.3 is 6.61 Å². The molecule has 0 aliphatic rings. The minimum absolute atomic E-state index is 0.0683. The molecule has 2 rings (SSSR count). The van der Waals surface area contributed by atoms with Gasteiger partial charge in [0, 0.05) is 12.1 Å². The summed E-state index contributed by atoms with van der Waals surface area (Å²) < 4.78 is 29.4. The summed E-state index contributed by atoms with van der Waals surface area (Å²) in [6, 6.07) is 16.2. The molecule has 0 fully saturated rings. The lowest BCUT2D eigenvalue weighted by molar-refractivity contribution is -0.0499. The number of alkyl halides is 2. The third-order valence-electron chi connectivity index (χ3n) is 3.11. The summed E-state index contributed by atoms with van der Waals surface area (Å²) >= 11 is 5.14. The SMILES string of the molecule is C/C(=N/NC(=S)NCc1ccccc1)c1ccccc1OC(F)F. The van der Waals surface area contributed by atoms with Crippen molar-refractivity contribution >= 4 is 23.0 Å². The van der Waals surface area contributed by atoms with Gasteiger partial charge in [-0.3, -0.25) is 5.43 Å². The van der Waals surface area contributed by atoms with Crippen LogP contribution in [-0.2, 0) is 6.54 Å². The molecule has 0 amide bonds. The van der Waals surface area contributed by atoms with Crippen LogP contribution in [0, 0.1) is 0 Å². The number of para-hydroxylation sites is 1. The van der Waals surface area contributed by atoms with Gasteiger partial charge in [-0.15, -0.1) is 0 Å². The molecule has 0 atom stereocenters. The van der Waals surface area contributed by atoms with Crippen molar-refractivity contribution in [2.45, 2.75) is 20.1 Å². The van der Waals surface area contributed by atoms with E-state index in [0.29, 0.717) is 22.9 Å². The molecule has 0 saturated heterocycles. The first-order valence-corrected chi connectivity index (χ1v) is 7.63. The first-order chi connectivity index (χ1) is 11.6. The Kier molecular flexibility index (Phi) is 6.62. The molecule has 0 heterocycles. The highest BCUT2D eigenvalue weighted by Gasteiger charge is 2.11. The molecule has 7 heteroatoms. The lowest BCUT2D eigenvalue weighted by Gasteiger charge is -2.11. The minimum atomic E-state index is -2.89. The molecule has 2 aromatic carbocycles. The molecule has 0 bridgehead atoms. The standard InChI is InChI=1S/C17H17F2N3OS/c1-12(14-9-5-6-10-15(14)23-16(18)19)21-22-17(24)20-11-13-7-3-2-4-8-13/h2-10,16H,11H2,1H3,(H2,20,22,24)/b21-12-. The van der Waals surface area contributed by atoms with Crippen molar-refractivity contribution in [3.05, 3.63) is 65.7 Å². The Morgan fingerprint density at radius 2 is 1.79 bits per heavy atom. The van der Waals surface area contributed by atoms with Gasteiger partial charge < -0.3 is 10.1 Å². The van der Waals surface area contributed by atoms with Crippen molar-refractivity contribution in [2.24, 2.45) is 5.10 Å². The third kappa shape index (κ3) is 5.58. The second kappa shape index (κ2) is 8.93. The molecule has 0 radical (unpaired) electrons. The fourth-order valence-corrected chi connectivity index (χ4v) is 2.09. The van der Waals surface area contributed by atoms with E-state index < -0.39 is 6.61 Å². The molecule has 0 aliphatic carbocycles. The van der Waals surface area contributed by atoms with Gasteiger partial charge in [-0.1, -0.05) is 42.5 Å². The molecule has 2 aromatic rings. The van der Waals surface area contributed by atoms with Gasteiger partial charge in [0.05, 0.1) is 5.71 Å². The van der Waals surface area contributed by atoms with Crippen LogP contribution in [0.2, 0.25) is 0 Å². The van der Waals surface area contributed by atoms with Crippen molar-refractivity contribution in [3.63, 3.8) is 0 Å². The topological polar surface area (TPSA) is 45.7 Å². The Balaban J connectivity index is 1.95. The van der Waals surface area contributed by atoms with Crippen LogP contribution >= 0.6 is 12.2 Å². The maximum atomic E-state index is 12.4. The number of benzene rings is 2. The second-order valence-corrected chi connectivity index (χ2v) is 5.26. The van der Waals surface area contributed by atoms with E-state index in [1.165, 1.54) is 6.07 Å². The Morgan fingerprint density at radius 3 is 2.50 bits per heavy atom. The lowest BCUT2D eigenvalue weighted by Crippen LogP contribution is -2.32. The van der Waals surface area contributed by atoms with E-state index in [1.807, 2.05) is 30.3 Å². The van der Waals surface area contributed by atoms with Gasteiger partial charge in [-0.05, 0) is 36.8 Å². The second-order valence-electron chi connectivity index (χ2n) is 4.85. The van der Waals surface area contributed by atoms with Gasteiger partial charge in [0.15, 0.2) is 5.11 Å². The van der Waals surface area contributed by atoms with E-state index in [2.05, 4.69) is 20.6 Å². The number of nitrogens with zero attached hydrogens (tertiary/aromatic N) is 1. The third-order valence-corrected chi connectivity index (χ3v) is 3.35.